The van der Waals surface area contributed by atoms with Crippen LogP contribution in [0.2, 0.25) is 0 Å². The molecule has 0 heterocycles. The van der Waals surface area contributed by atoms with E-state index in [4.69, 9.17) is 10.2 Å². The molecule has 1 aromatic carbocycles. The highest BCUT2D eigenvalue weighted by molar-refractivity contribution is 5.99. The number of amides is 1. The molecular formula is C15H15NO5. The van der Waals surface area contributed by atoms with Crippen LogP contribution in [-0.4, -0.2) is 28.1 Å². The molecule has 1 unspecified atom stereocenters. The fourth-order valence-electron chi connectivity index (χ4n) is 2.22. The van der Waals surface area contributed by atoms with Crippen molar-refractivity contribution in [2.24, 2.45) is 5.92 Å². The van der Waals surface area contributed by atoms with Crippen molar-refractivity contribution in [1.82, 2.24) is 0 Å². The number of carbonyl (C=O) groups is 3. The van der Waals surface area contributed by atoms with Gasteiger partial charge < -0.3 is 15.5 Å². The monoisotopic (exact) mass is 289 g/mol. The Kier molecular flexibility index (Phi) is 4.37. The van der Waals surface area contributed by atoms with Gasteiger partial charge in [0.15, 0.2) is 0 Å². The van der Waals surface area contributed by atoms with Crippen LogP contribution < -0.4 is 5.32 Å². The number of benzene rings is 1. The lowest BCUT2D eigenvalue weighted by molar-refractivity contribution is -0.120. The minimum Gasteiger partial charge on any atom is -0.478 e. The zero-order chi connectivity index (χ0) is 15.4. The molecule has 1 aliphatic carbocycles. The van der Waals surface area contributed by atoms with Crippen molar-refractivity contribution < 1.29 is 24.6 Å². The van der Waals surface area contributed by atoms with Gasteiger partial charge in [0.05, 0.1) is 11.1 Å². The molecule has 0 aromatic heterocycles. The van der Waals surface area contributed by atoms with Gasteiger partial charge >= 0.3 is 11.9 Å². The second kappa shape index (κ2) is 6.21. The Morgan fingerprint density at radius 1 is 1.00 bits per heavy atom. The van der Waals surface area contributed by atoms with Crippen molar-refractivity contribution in [3.63, 3.8) is 0 Å². The van der Waals surface area contributed by atoms with E-state index in [-0.39, 0.29) is 28.6 Å². The molecule has 1 amide bonds. The van der Waals surface area contributed by atoms with Crippen molar-refractivity contribution in [1.29, 1.82) is 0 Å². The summed E-state index contributed by atoms with van der Waals surface area (Å²) in [5.74, 6) is -2.88. The van der Waals surface area contributed by atoms with Gasteiger partial charge in [-0.2, -0.15) is 0 Å². The molecular weight excluding hydrogens is 274 g/mol. The average Bonchev–Trinajstić information content (AvgIpc) is 2.47. The van der Waals surface area contributed by atoms with Crippen molar-refractivity contribution in [3.05, 3.63) is 41.5 Å². The highest BCUT2D eigenvalue weighted by Crippen LogP contribution is 2.21. The Morgan fingerprint density at radius 2 is 1.62 bits per heavy atom. The summed E-state index contributed by atoms with van der Waals surface area (Å²) in [6.45, 7) is 0. The topological polar surface area (TPSA) is 104 Å². The molecule has 6 heteroatoms. The molecule has 1 atom stereocenters. The first kappa shape index (κ1) is 14.8. The second-order valence-corrected chi connectivity index (χ2v) is 4.88. The van der Waals surface area contributed by atoms with Gasteiger partial charge in [-0.25, -0.2) is 9.59 Å². The number of hydrogen-bond donors (Lipinski definition) is 3. The summed E-state index contributed by atoms with van der Waals surface area (Å²) in [5.41, 5.74) is -0.158. The standard InChI is InChI=1S/C15H15NO5/c17-13(9-4-2-1-3-5-9)16-12-7-10(14(18)19)6-11(8-12)15(20)21/h1-2,6-9H,3-5H2,(H,16,17)(H,18,19)(H,20,21). The number of carboxylic acid groups (broad SMARTS) is 2. The maximum absolute atomic E-state index is 12.1. The number of anilines is 1. The first-order valence-corrected chi connectivity index (χ1v) is 6.55. The number of rotatable bonds is 4. The van der Waals surface area contributed by atoms with E-state index in [1.807, 2.05) is 12.2 Å². The van der Waals surface area contributed by atoms with Crippen LogP contribution in [0.5, 0.6) is 0 Å². The molecule has 0 saturated heterocycles. The molecule has 0 radical (unpaired) electrons. The first-order valence-electron chi connectivity index (χ1n) is 6.55. The largest absolute Gasteiger partial charge is 0.478 e. The SMILES string of the molecule is O=C(O)c1cc(NC(=O)C2CC=CCC2)cc(C(=O)O)c1. The summed E-state index contributed by atoms with van der Waals surface area (Å²) in [7, 11) is 0. The van der Waals surface area contributed by atoms with Crippen LogP contribution >= 0.6 is 0 Å². The molecule has 0 fully saturated rings. The number of allylic oxidation sites excluding steroid dienone is 2. The first-order chi connectivity index (χ1) is 9.97. The average molecular weight is 289 g/mol. The predicted molar refractivity (Wildman–Crippen MR) is 75.5 cm³/mol. The highest BCUT2D eigenvalue weighted by Gasteiger charge is 2.20. The van der Waals surface area contributed by atoms with Crippen molar-refractivity contribution in [2.75, 3.05) is 5.32 Å². The Hall–Kier alpha value is -2.63. The van der Waals surface area contributed by atoms with Gasteiger partial charge in [0.1, 0.15) is 0 Å². The van der Waals surface area contributed by atoms with E-state index >= 15 is 0 Å². The molecule has 110 valence electrons. The third kappa shape index (κ3) is 3.68. The van der Waals surface area contributed by atoms with E-state index in [0.29, 0.717) is 6.42 Å². The molecule has 21 heavy (non-hydrogen) atoms. The van der Waals surface area contributed by atoms with E-state index in [1.165, 1.54) is 12.1 Å². The van der Waals surface area contributed by atoms with E-state index in [2.05, 4.69) is 5.32 Å². The van der Waals surface area contributed by atoms with E-state index in [1.54, 1.807) is 0 Å². The normalized spacial score (nSPS) is 17.2. The van der Waals surface area contributed by atoms with Crippen LogP contribution in [-0.2, 0) is 4.79 Å². The maximum Gasteiger partial charge on any atom is 0.335 e. The van der Waals surface area contributed by atoms with E-state index < -0.39 is 11.9 Å². The Morgan fingerprint density at radius 3 is 2.10 bits per heavy atom. The Labute approximate surface area is 121 Å². The summed E-state index contributed by atoms with van der Waals surface area (Å²) in [6.07, 6.45) is 6.14. The van der Waals surface area contributed by atoms with Gasteiger partial charge in [0.25, 0.3) is 0 Å². The summed E-state index contributed by atoms with van der Waals surface area (Å²) < 4.78 is 0. The van der Waals surface area contributed by atoms with Crippen LogP contribution in [0.15, 0.2) is 30.4 Å². The van der Waals surface area contributed by atoms with Gasteiger partial charge in [-0.05, 0) is 37.5 Å². The fourth-order valence-corrected chi connectivity index (χ4v) is 2.22. The molecule has 0 saturated carbocycles. The Balaban J connectivity index is 2.22. The second-order valence-electron chi connectivity index (χ2n) is 4.88. The minimum absolute atomic E-state index is 0.170. The smallest absolute Gasteiger partial charge is 0.335 e. The van der Waals surface area contributed by atoms with Crippen LogP contribution in [0.25, 0.3) is 0 Å². The van der Waals surface area contributed by atoms with Crippen molar-refractivity contribution in [3.8, 4) is 0 Å². The number of aromatic carboxylic acids is 2. The molecule has 1 aliphatic rings. The van der Waals surface area contributed by atoms with Gasteiger partial charge in [0, 0.05) is 11.6 Å². The van der Waals surface area contributed by atoms with Crippen molar-refractivity contribution in [2.45, 2.75) is 19.3 Å². The maximum atomic E-state index is 12.1. The number of carbonyl (C=O) groups excluding carboxylic acids is 1. The van der Waals surface area contributed by atoms with Crippen molar-refractivity contribution >= 4 is 23.5 Å². The van der Waals surface area contributed by atoms with Crippen LogP contribution in [0.4, 0.5) is 5.69 Å². The minimum atomic E-state index is -1.24. The van der Waals surface area contributed by atoms with Crippen LogP contribution in [0, 0.1) is 5.92 Å². The summed E-state index contributed by atoms with van der Waals surface area (Å²) in [5, 5.41) is 20.6. The highest BCUT2D eigenvalue weighted by atomic mass is 16.4. The molecule has 2 rings (SSSR count). The lowest BCUT2D eigenvalue weighted by Crippen LogP contribution is -2.23. The quantitative estimate of drug-likeness (QED) is 0.738. The molecule has 0 bridgehead atoms. The van der Waals surface area contributed by atoms with Crippen LogP contribution in [0.1, 0.15) is 40.0 Å². The van der Waals surface area contributed by atoms with Gasteiger partial charge in [-0.1, -0.05) is 12.2 Å². The van der Waals surface area contributed by atoms with Gasteiger partial charge in [-0.3, -0.25) is 4.79 Å². The molecule has 1 aromatic rings. The van der Waals surface area contributed by atoms with E-state index in [9.17, 15) is 14.4 Å². The summed E-state index contributed by atoms with van der Waals surface area (Å²) >= 11 is 0. The lowest BCUT2D eigenvalue weighted by Gasteiger charge is -2.17. The third-order valence-corrected chi connectivity index (χ3v) is 3.33. The number of nitrogens with one attached hydrogen (secondary N) is 1. The Bertz CT molecular complexity index is 588. The predicted octanol–water partition coefficient (Wildman–Crippen LogP) is 2.38. The zero-order valence-corrected chi connectivity index (χ0v) is 11.2. The molecule has 3 N–H and O–H groups in total. The van der Waals surface area contributed by atoms with E-state index in [0.717, 1.165) is 18.9 Å². The zero-order valence-electron chi connectivity index (χ0n) is 11.2. The molecule has 0 spiro atoms. The van der Waals surface area contributed by atoms with Gasteiger partial charge in [-0.15, -0.1) is 0 Å². The molecule has 0 aliphatic heterocycles. The van der Waals surface area contributed by atoms with Gasteiger partial charge in [0.2, 0.25) is 5.91 Å². The lowest BCUT2D eigenvalue weighted by atomic mass is 9.93. The molecule has 6 nitrogen and oxygen atoms in total. The number of carboxylic acids is 2. The fraction of sp³-hybridized carbons (Fsp3) is 0.267. The number of hydrogen-bond acceptors (Lipinski definition) is 3. The summed E-state index contributed by atoms with van der Waals surface area (Å²) in [4.78, 5) is 34.1. The third-order valence-electron chi connectivity index (χ3n) is 3.33. The summed E-state index contributed by atoms with van der Waals surface area (Å²) in [6, 6.07) is 3.57. The van der Waals surface area contributed by atoms with Crippen LogP contribution in [0.3, 0.4) is 0 Å².